The average molecular weight is 236 g/mol. The minimum atomic E-state index is -4.23. The number of carbonyl (C=O) groups is 1. The van der Waals surface area contributed by atoms with E-state index in [1.807, 2.05) is 0 Å². The molecular weight excluding hydrogens is 225 g/mol. The van der Waals surface area contributed by atoms with Crippen LogP contribution in [0.3, 0.4) is 0 Å². The number of alkyl halides is 3. The number of hydrogen-bond acceptors (Lipinski definition) is 3. The quantitative estimate of drug-likeness (QED) is 0.751. The van der Waals surface area contributed by atoms with Crippen molar-refractivity contribution in [2.24, 2.45) is 0 Å². The van der Waals surface area contributed by atoms with Gasteiger partial charge in [0, 0.05) is 12.7 Å². The third kappa shape index (κ3) is 3.92. The van der Waals surface area contributed by atoms with Crippen molar-refractivity contribution < 1.29 is 22.7 Å². The maximum Gasteiger partial charge on any atom is 0.390 e. The fourth-order valence-electron chi connectivity index (χ4n) is 1.04. The molecule has 7 heteroatoms. The third-order valence-corrected chi connectivity index (χ3v) is 1.75. The van der Waals surface area contributed by atoms with Gasteiger partial charge in [0.15, 0.2) is 5.69 Å². The summed E-state index contributed by atoms with van der Waals surface area (Å²) in [5.41, 5.74) is 0.0176. The van der Waals surface area contributed by atoms with E-state index in [-0.39, 0.29) is 18.8 Å². The lowest BCUT2D eigenvalue weighted by atomic mass is 10.4. The lowest BCUT2D eigenvalue weighted by Crippen LogP contribution is -2.13. The molecule has 0 amide bonds. The minimum absolute atomic E-state index is 0.0176. The second-order valence-electron chi connectivity index (χ2n) is 3.05. The summed E-state index contributed by atoms with van der Waals surface area (Å²) in [6.07, 6.45) is -3.88. The molecule has 0 atom stereocenters. The highest BCUT2D eigenvalue weighted by atomic mass is 19.4. The van der Waals surface area contributed by atoms with Gasteiger partial charge < -0.3 is 4.74 Å². The molecule has 0 saturated heterocycles. The van der Waals surface area contributed by atoms with E-state index in [1.54, 1.807) is 6.92 Å². The van der Waals surface area contributed by atoms with E-state index < -0.39 is 18.6 Å². The van der Waals surface area contributed by atoms with Crippen LogP contribution in [0.1, 0.15) is 23.8 Å². The van der Waals surface area contributed by atoms with Crippen LogP contribution >= 0.6 is 0 Å². The van der Waals surface area contributed by atoms with E-state index in [9.17, 15) is 18.0 Å². The fraction of sp³-hybridized carbons (Fsp3) is 0.556. The van der Waals surface area contributed by atoms with Crippen LogP contribution in [0.25, 0.3) is 0 Å². The monoisotopic (exact) mass is 236 g/mol. The summed E-state index contributed by atoms with van der Waals surface area (Å²) < 4.78 is 41.4. The van der Waals surface area contributed by atoms with Gasteiger partial charge in [-0.3, -0.25) is 4.68 Å². The summed E-state index contributed by atoms with van der Waals surface area (Å²) in [5, 5.41) is 3.67. The number of esters is 1. The maximum atomic E-state index is 11.9. The van der Waals surface area contributed by atoms with Crippen LogP contribution in [-0.2, 0) is 11.3 Å². The fourth-order valence-corrected chi connectivity index (χ4v) is 1.04. The molecule has 16 heavy (non-hydrogen) atoms. The van der Waals surface area contributed by atoms with E-state index in [1.165, 1.54) is 12.3 Å². The van der Waals surface area contributed by atoms with Gasteiger partial charge in [-0.25, -0.2) is 4.79 Å². The Balaban J connectivity index is 2.55. The summed E-state index contributed by atoms with van der Waals surface area (Å²) in [5.74, 6) is -0.631. The molecule has 0 aromatic carbocycles. The van der Waals surface area contributed by atoms with Crippen LogP contribution in [0.15, 0.2) is 12.3 Å². The highest BCUT2D eigenvalue weighted by Gasteiger charge is 2.26. The molecule has 0 aliphatic rings. The van der Waals surface area contributed by atoms with E-state index in [4.69, 9.17) is 0 Å². The van der Waals surface area contributed by atoms with Crippen molar-refractivity contribution in [1.82, 2.24) is 9.78 Å². The topological polar surface area (TPSA) is 44.1 Å². The van der Waals surface area contributed by atoms with Crippen molar-refractivity contribution in [2.75, 3.05) is 6.61 Å². The summed E-state index contributed by atoms with van der Waals surface area (Å²) in [6, 6.07) is 1.33. The first-order chi connectivity index (χ1) is 7.42. The van der Waals surface area contributed by atoms with Crippen LogP contribution in [0.4, 0.5) is 13.2 Å². The number of hydrogen-bond donors (Lipinski definition) is 0. The molecule has 1 aromatic rings. The average Bonchev–Trinajstić information content (AvgIpc) is 2.62. The maximum absolute atomic E-state index is 11.9. The first-order valence-electron chi connectivity index (χ1n) is 4.69. The lowest BCUT2D eigenvalue weighted by molar-refractivity contribution is -0.137. The first kappa shape index (κ1) is 12.5. The van der Waals surface area contributed by atoms with E-state index >= 15 is 0 Å². The van der Waals surface area contributed by atoms with Crippen LogP contribution in [0.5, 0.6) is 0 Å². The molecule has 0 unspecified atom stereocenters. The van der Waals surface area contributed by atoms with Crippen molar-refractivity contribution in [2.45, 2.75) is 26.1 Å². The molecule has 0 spiro atoms. The smallest absolute Gasteiger partial charge is 0.390 e. The number of aryl methyl sites for hydroxylation is 1. The van der Waals surface area contributed by atoms with Crippen molar-refractivity contribution in [1.29, 1.82) is 0 Å². The number of aromatic nitrogens is 2. The van der Waals surface area contributed by atoms with Crippen LogP contribution in [-0.4, -0.2) is 28.5 Å². The van der Waals surface area contributed by atoms with E-state index in [2.05, 4.69) is 9.84 Å². The van der Waals surface area contributed by atoms with Gasteiger partial charge >= 0.3 is 12.1 Å². The Hall–Kier alpha value is -1.53. The van der Waals surface area contributed by atoms with Crippen molar-refractivity contribution >= 4 is 5.97 Å². The predicted molar refractivity (Wildman–Crippen MR) is 48.9 cm³/mol. The Morgan fingerprint density at radius 1 is 1.56 bits per heavy atom. The predicted octanol–water partition coefficient (Wildman–Crippen LogP) is 2.01. The summed E-state index contributed by atoms with van der Waals surface area (Å²) in [4.78, 5) is 11.1. The van der Waals surface area contributed by atoms with Crippen molar-refractivity contribution in [3.05, 3.63) is 18.0 Å². The molecule has 0 radical (unpaired) electrons. The zero-order valence-electron chi connectivity index (χ0n) is 8.62. The summed E-state index contributed by atoms with van der Waals surface area (Å²) in [7, 11) is 0. The molecule has 0 bridgehead atoms. The van der Waals surface area contributed by atoms with Gasteiger partial charge in [-0.1, -0.05) is 0 Å². The Bertz CT molecular complexity index is 360. The molecular formula is C9H11F3N2O2. The van der Waals surface area contributed by atoms with Gasteiger partial charge in [0.2, 0.25) is 0 Å². The third-order valence-electron chi connectivity index (χ3n) is 1.75. The summed E-state index contributed by atoms with van der Waals surface area (Å²) in [6.45, 7) is 1.54. The van der Waals surface area contributed by atoms with E-state index in [0.29, 0.717) is 0 Å². The lowest BCUT2D eigenvalue weighted by Gasteiger charge is -2.05. The molecule has 0 fully saturated rings. The Kier molecular flexibility index (Phi) is 3.92. The molecule has 4 nitrogen and oxygen atoms in total. The highest BCUT2D eigenvalue weighted by Crippen LogP contribution is 2.19. The largest absolute Gasteiger partial charge is 0.461 e. The SMILES string of the molecule is CCOC(=O)c1ccn(CCC(F)(F)F)n1. The van der Waals surface area contributed by atoms with Gasteiger partial charge in [0.25, 0.3) is 0 Å². The van der Waals surface area contributed by atoms with Gasteiger partial charge in [-0.15, -0.1) is 0 Å². The second-order valence-corrected chi connectivity index (χ2v) is 3.05. The molecule has 0 N–H and O–H groups in total. The minimum Gasteiger partial charge on any atom is -0.461 e. The molecule has 0 aliphatic carbocycles. The van der Waals surface area contributed by atoms with Gasteiger partial charge in [0.1, 0.15) is 0 Å². The Morgan fingerprint density at radius 3 is 2.81 bits per heavy atom. The molecule has 90 valence electrons. The summed E-state index contributed by atoms with van der Waals surface area (Å²) >= 11 is 0. The van der Waals surface area contributed by atoms with Crippen molar-refractivity contribution in [3.8, 4) is 0 Å². The highest BCUT2D eigenvalue weighted by molar-refractivity contribution is 5.86. The second kappa shape index (κ2) is 5.00. The van der Waals surface area contributed by atoms with Gasteiger partial charge in [0.05, 0.1) is 13.0 Å². The molecule has 1 aromatic heterocycles. The molecule has 0 saturated carbocycles. The molecule has 1 heterocycles. The zero-order chi connectivity index (χ0) is 12.2. The zero-order valence-corrected chi connectivity index (χ0v) is 8.62. The normalized spacial score (nSPS) is 11.5. The number of rotatable bonds is 4. The Morgan fingerprint density at radius 2 is 2.25 bits per heavy atom. The first-order valence-corrected chi connectivity index (χ1v) is 4.69. The van der Waals surface area contributed by atoms with Crippen LogP contribution in [0, 0.1) is 0 Å². The van der Waals surface area contributed by atoms with Gasteiger partial charge in [-0.05, 0) is 13.0 Å². The van der Waals surface area contributed by atoms with Crippen molar-refractivity contribution in [3.63, 3.8) is 0 Å². The Labute approximate surface area is 90.0 Å². The molecule has 0 aliphatic heterocycles. The van der Waals surface area contributed by atoms with Gasteiger partial charge in [-0.2, -0.15) is 18.3 Å². The van der Waals surface area contributed by atoms with Crippen LogP contribution < -0.4 is 0 Å². The number of halogens is 3. The van der Waals surface area contributed by atoms with Crippen LogP contribution in [0.2, 0.25) is 0 Å². The number of nitrogens with zero attached hydrogens (tertiary/aromatic N) is 2. The molecule has 1 rings (SSSR count). The standard InChI is InChI=1S/C9H11F3N2O2/c1-2-16-8(15)7-3-5-14(13-7)6-4-9(10,11)12/h3,5H,2,4,6H2,1H3. The number of ether oxygens (including phenoxy) is 1. The number of carbonyl (C=O) groups excluding carboxylic acids is 1. The van der Waals surface area contributed by atoms with E-state index in [0.717, 1.165) is 4.68 Å².